The molecule has 2 heteroatoms. The number of hydrogen-bond donors (Lipinski definition) is 1. The van der Waals surface area contributed by atoms with Crippen molar-refractivity contribution < 1.29 is 0 Å². The molecule has 0 spiro atoms. The molecule has 1 N–H and O–H groups in total. The Labute approximate surface area is 74.3 Å². The molecule has 1 saturated heterocycles. The predicted octanol–water partition coefficient (Wildman–Crippen LogP) is 2.27. The number of hydrogen-bond acceptors (Lipinski definition) is 2. The van der Waals surface area contributed by atoms with Gasteiger partial charge in [-0.3, -0.25) is 0 Å². The van der Waals surface area contributed by atoms with E-state index in [2.05, 4.69) is 30.9 Å². The first-order valence-electron chi connectivity index (χ1n) is 4.66. The van der Waals surface area contributed by atoms with Crippen molar-refractivity contribution in [1.29, 1.82) is 0 Å². The summed E-state index contributed by atoms with van der Waals surface area (Å²) in [5.74, 6) is 2.71. The van der Waals surface area contributed by atoms with Gasteiger partial charge in [0.2, 0.25) is 0 Å². The van der Waals surface area contributed by atoms with Gasteiger partial charge in [0, 0.05) is 12.1 Å². The van der Waals surface area contributed by atoms with Gasteiger partial charge >= 0.3 is 0 Å². The number of rotatable bonds is 3. The normalized spacial score (nSPS) is 23.5. The molecule has 0 amide bonds. The third kappa shape index (κ3) is 3.48. The summed E-state index contributed by atoms with van der Waals surface area (Å²) >= 11 is 2.09. The van der Waals surface area contributed by atoms with Crippen molar-refractivity contribution in [2.75, 3.05) is 11.5 Å². The van der Waals surface area contributed by atoms with Gasteiger partial charge in [-0.1, -0.05) is 6.92 Å². The second kappa shape index (κ2) is 5.04. The van der Waals surface area contributed by atoms with Gasteiger partial charge in [-0.15, -0.1) is 0 Å². The molecule has 1 heterocycles. The van der Waals surface area contributed by atoms with Crippen LogP contribution in [0.4, 0.5) is 0 Å². The molecule has 0 aromatic carbocycles. The SMILES string of the molecule is CCC(C)NC1CCSCC1. The van der Waals surface area contributed by atoms with Gasteiger partial charge in [-0.2, -0.15) is 11.8 Å². The number of thioether (sulfide) groups is 1. The maximum absolute atomic E-state index is 3.66. The summed E-state index contributed by atoms with van der Waals surface area (Å²) in [4.78, 5) is 0. The largest absolute Gasteiger partial charge is 0.311 e. The third-order valence-electron chi connectivity index (χ3n) is 2.35. The first-order valence-corrected chi connectivity index (χ1v) is 5.82. The van der Waals surface area contributed by atoms with Crippen molar-refractivity contribution in [3.63, 3.8) is 0 Å². The van der Waals surface area contributed by atoms with E-state index in [0.29, 0.717) is 6.04 Å². The summed E-state index contributed by atoms with van der Waals surface area (Å²) in [5.41, 5.74) is 0. The van der Waals surface area contributed by atoms with Crippen LogP contribution < -0.4 is 5.32 Å². The highest BCUT2D eigenvalue weighted by atomic mass is 32.2. The topological polar surface area (TPSA) is 12.0 Å². The van der Waals surface area contributed by atoms with E-state index in [-0.39, 0.29) is 0 Å². The van der Waals surface area contributed by atoms with Crippen molar-refractivity contribution in [2.45, 2.75) is 45.2 Å². The van der Waals surface area contributed by atoms with Gasteiger partial charge in [0.05, 0.1) is 0 Å². The fourth-order valence-electron chi connectivity index (χ4n) is 1.38. The first-order chi connectivity index (χ1) is 5.33. The molecule has 0 aromatic rings. The molecule has 1 aliphatic heterocycles. The lowest BCUT2D eigenvalue weighted by Gasteiger charge is -2.25. The van der Waals surface area contributed by atoms with E-state index >= 15 is 0 Å². The van der Waals surface area contributed by atoms with E-state index in [0.717, 1.165) is 6.04 Å². The molecule has 1 rings (SSSR count). The molecule has 0 saturated carbocycles. The highest BCUT2D eigenvalue weighted by Gasteiger charge is 2.14. The van der Waals surface area contributed by atoms with E-state index in [1.54, 1.807) is 0 Å². The van der Waals surface area contributed by atoms with E-state index < -0.39 is 0 Å². The van der Waals surface area contributed by atoms with Crippen LogP contribution in [-0.2, 0) is 0 Å². The fraction of sp³-hybridized carbons (Fsp3) is 1.00. The molecular weight excluding hydrogens is 154 g/mol. The van der Waals surface area contributed by atoms with Gasteiger partial charge in [-0.05, 0) is 37.7 Å². The van der Waals surface area contributed by atoms with Crippen LogP contribution in [-0.4, -0.2) is 23.6 Å². The zero-order valence-corrected chi connectivity index (χ0v) is 8.41. The van der Waals surface area contributed by atoms with Crippen molar-refractivity contribution in [3.05, 3.63) is 0 Å². The molecule has 66 valence electrons. The van der Waals surface area contributed by atoms with Crippen LogP contribution in [0.3, 0.4) is 0 Å². The zero-order chi connectivity index (χ0) is 8.10. The Kier molecular flexibility index (Phi) is 4.31. The van der Waals surface area contributed by atoms with Crippen molar-refractivity contribution in [1.82, 2.24) is 5.32 Å². The van der Waals surface area contributed by atoms with E-state index in [1.807, 2.05) is 0 Å². The first kappa shape index (κ1) is 9.40. The molecule has 0 bridgehead atoms. The van der Waals surface area contributed by atoms with Gasteiger partial charge in [0.1, 0.15) is 0 Å². The highest BCUT2D eigenvalue weighted by molar-refractivity contribution is 7.99. The minimum atomic E-state index is 0.711. The minimum Gasteiger partial charge on any atom is -0.311 e. The van der Waals surface area contributed by atoms with Crippen LogP contribution in [0.5, 0.6) is 0 Å². The summed E-state index contributed by atoms with van der Waals surface area (Å²) in [5, 5.41) is 3.66. The third-order valence-corrected chi connectivity index (χ3v) is 3.40. The standard InChI is InChI=1S/C9H19NS/c1-3-8(2)10-9-4-6-11-7-5-9/h8-10H,3-7H2,1-2H3. The smallest absolute Gasteiger partial charge is 0.00852 e. The van der Waals surface area contributed by atoms with Crippen LogP contribution in [0.15, 0.2) is 0 Å². The summed E-state index contributed by atoms with van der Waals surface area (Å²) in [6, 6.07) is 1.52. The average molecular weight is 173 g/mol. The van der Waals surface area contributed by atoms with Gasteiger partial charge in [0.15, 0.2) is 0 Å². The van der Waals surface area contributed by atoms with Crippen molar-refractivity contribution in [3.8, 4) is 0 Å². The lowest BCUT2D eigenvalue weighted by molar-refractivity contribution is 0.416. The molecule has 1 fully saturated rings. The molecule has 0 aromatic heterocycles. The summed E-state index contributed by atoms with van der Waals surface area (Å²) < 4.78 is 0. The van der Waals surface area contributed by atoms with E-state index in [4.69, 9.17) is 0 Å². The Bertz CT molecular complexity index is 99.7. The van der Waals surface area contributed by atoms with E-state index in [1.165, 1.54) is 30.8 Å². The van der Waals surface area contributed by atoms with Crippen molar-refractivity contribution in [2.24, 2.45) is 0 Å². The molecule has 1 atom stereocenters. The van der Waals surface area contributed by atoms with Crippen LogP contribution in [0.2, 0.25) is 0 Å². The fourth-order valence-corrected chi connectivity index (χ4v) is 2.49. The molecule has 0 radical (unpaired) electrons. The Hall–Kier alpha value is 0.310. The van der Waals surface area contributed by atoms with Crippen LogP contribution in [0.1, 0.15) is 33.1 Å². The molecule has 0 aliphatic carbocycles. The van der Waals surface area contributed by atoms with Gasteiger partial charge in [0.25, 0.3) is 0 Å². The van der Waals surface area contributed by atoms with Crippen molar-refractivity contribution >= 4 is 11.8 Å². The maximum atomic E-state index is 3.66. The molecule has 1 nitrogen and oxygen atoms in total. The summed E-state index contributed by atoms with van der Waals surface area (Å²) in [6.45, 7) is 4.52. The zero-order valence-electron chi connectivity index (χ0n) is 7.60. The summed E-state index contributed by atoms with van der Waals surface area (Å²) in [6.07, 6.45) is 3.99. The average Bonchev–Trinajstić information content (AvgIpc) is 2.06. The molecular formula is C9H19NS. The minimum absolute atomic E-state index is 0.711. The Morgan fingerprint density at radius 2 is 2.09 bits per heavy atom. The van der Waals surface area contributed by atoms with Gasteiger partial charge in [-0.25, -0.2) is 0 Å². The highest BCUT2D eigenvalue weighted by Crippen LogP contribution is 2.17. The van der Waals surface area contributed by atoms with E-state index in [9.17, 15) is 0 Å². The van der Waals surface area contributed by atoms with Crippen LogP contribution in [0, 0.1) is 0 Å². The monoisotopic (exact) mass is 173 g/mol. The lowest BCUT2D eigenvalue weighted by Crippen LogP contribution is -2.38. The lowest BCUT2D eigenvalue weighted by atomic mass is 10.1. The maximum Gasteiger partial charge on any atom is 0.00852 e. The van der Waals surface area contributed by atoms with Crippen LogP contribution in [0.25, 0.3) is 0 Å². The predicted molar refractivity (Wildman–Crippen MR) is 53.2 cm³/mol. The number of nitrogens with one attached hydrogen (secondary N) is 1. The molecule has 1 aliphatic rings. The van der Waals surface area contributed by atoms with Crippen LogP contribution >= 0.6 is 11.8 Å². The van der Waals surface area contributed by atoms with Gasteiger partial charge < -0.3 is 5.32 Å². The second-order valence-corrected chi connectivity index (χ2v) is 4.59. The molecule has 11 heavy (non-hydrogen) atoms. The Balaban J connectivity index is 2.13. The second-order valence-electron chi connectivity index (χ2n) is 3.36. The quantitative estimate of drug-likeness (QED) is 0.702. The Morgan fingerprint density at radius 1 is 1.45 bits per heavy atom. The Morgan fingerprint density at radius 3 is 2.64 bits per heavy atom. The molecule has 1 unspecified atom stereocenters. The summed E-state index contributed by atoms with van der Waals surface area (Å²) in [7, 11) is 0.